The standard InChI is InChI=1S/C16H23NO4S/c1-6-7-14(15(18)21-16(3,4)5)17-22(19,20)13-10-8-12(2)9-11-13/h6,8-11,14,17H,1,7H2,2-5H3/t14-/m0/s1. The highest BCUT2D eigenvalue weighted by Gasteiger charge is 2.28. The summed E-state index contributed by atoms with van der Waals surface area (Å²) in [4.78, 5) is 12.2. The predicted octanol–water partition coefficient (Wildman–Crippen LogP) is 2.56. The van der Waals surface area contributed by atoms with Crippen molar-refractivity contribution in [3.8, 4) is 0 Å². The highest BCUT2D eigenvalue weighted by molar-refractivity contribution is 7.89. The summed E-state index contributed by atoms with van der Waals surface area (Å²) in [6.45, 7) is 10.6. The molecule has 0 saturated carbocycles. The summed E-state index contributed by atoms with van der Waals surface area (Å²) in [6, 6.07) is 5.40. The van der Waals surface area contributed by atoms with E-state index in [0.29, 0.717) is 0 Å². The summed E-state index contributed by atoms with van der Waals surface area (Å²) in [6.07, 6.45) is 1.63. The molecule has 0 heterocycles. The second kappa shape index (κ2) is 7.07. The third-order valence-electron chi connectivity index (χ3n) is 2.72. The number of carbonyl (C=O) groups excluding carboxylic acids is 1. The number of ether oxygens (including phenoxy) is 1. The number of nitrogens with one attached hydrogen (secondary N) is 1. The van der Waals surface area contributed by atoms with E-state index in [-0.39, 0.29) is 11.3 Å². The van der Waals surface area contributed by atoms with Gasteiger partial charge in [0.2, 0.25) is 10.0 Å². The van der Waals surface area contributed by atoms with E-state index >= 15 is 0 Å². The Hall–Kier alpha value is -1.66. The number of sulfonamides is 1. The molecule has 0 aliphatic carbocycles. The number of carbonyl (C=O) groups is 1. The minimum atomic E-state index is -3.80. The zero-order chi connectivity index (χ0) is 17.0. The van der Waals surface area contributed by atoms with Crippen LogP contribution in [-0.2, 0) is 19.6 Å². The van der Waals surface area contributed by atoms with Crippen molar-refractivity contribution in [1.82, 2.24) is 4.72 Å². The smallest absolute Gasteiger partial charge is 0.325 e. The zero-order valence-electron chi connectivity index (χ0n) is 13.4. The molecule has 0 spiro atoms. The SMILES string of the molecule is C=CC[C@H](NS(=O)(=O)c1ccc(C)cc1)C(=O)OC(C)(C)C. The molecule has 0 aliphatic rings. The molecule has 0 fully saturated rings. The molecule has 122 valence electrons. The maximum Gasteiger partial charge on any atom is 0.325 e. The third kappa shape index (κ3) is 5.61. The molecule has 22 heavy (non-hydrogen) atoms. The minimum Gasteiger partial charge on any atom is -0.459 e. The minimum absolute atomic E-state index is 0.107. The molecule has 1 N–H and O–H groups in total. The average Bonchev–Trinajstić information content (AvgIpc) is 2.36. The van der Waals surface area contributed by atoms with Crippen molar-refractivity contribution >= 4 is 16.0 Å². The Morgan fingerprint density at radius 2 is 1.86 bits per heavy atom. The summed E-state index contributed by atoms with van der Waals surface area (Å²) in [5.41, 5.74) is 0.264. The zero-order valence-corrected chi connectivity index (χ0v) is 14.2. The Morgan fingerprint density at radius 3 is 2.32 bits per heavy atom. The molecule has 5 nitrogen and oxygen atoms in total. The van der Waals surface area contributed by atoms with Gasteiger partial charge in [-0.3, -0.25) is 4.79 Å². The fraction of sp³-hybridized carbons (Fsp3) is 0.438. The quantitative estimate of drug-likeness (QED) is 0.644. The van der Waals surface area contributed by atoms with Crippen LogP contribution in [0.1, 0.15) is 32.8 Å². The van der Waals surface area contributed by atoms with Crippen LogP contribution in [0.2, 0.25) is 0 Å². The molecule has 0 radical (unpaired) electrons. The maximum absolute atomic E-state index is 12.3. The Labute approximate surface area is 132 Å². The van der Waals surface area contributed by atoms with E-state index in [1.807, 2.05) is 6.92 Å². The molecule has 1 atom stereocenters. The van der Waals surface area contributed by atoms with Gasteiger partial charge in [0, 0.05) is 0 Å². The molecule has 0 saturated heterocycles. The molecule has 1 aromatic rings. The van der Waals surface area contributed by atoms with Gasteiger partial charge in [0.15, 0.2) is 0 Å². The second-order valence-electron chi connectivity index (χ2n) is 6.04. The molecule has 0 amide bonds. The van der Waals surface area contributed by atoms with Crippen molar-refractivity contribution in [3.05, 3.63) is 42.5 Å². The van der Waals surface area contributed by atoms with Crippen LogP contribution in [-0.4, -0.2) is 26.0 Å². The van der Waals surface area contributed by atoms with Gasteiger partial charge in [-0.15, -0.1) is 6.58 Å². The van der Waals surface area contributed by atoms with E-state index < -0.39 is 27.6 Å². The van der Waals surface area contributed by atoms with Crippen LogP contribution in [0.15, 0.2) is 41.8 Å². The van der Waals surface area contributed by atoms with E-state index in [4.69, 9.17) is 4.74 Å². The summed E-state index contributed by atoms with van der Waals surface area (Å²) in [5, 5.41) is 0. The Morgan fingerprint density at radius 1 is 1.32 bits per heavy atom. The molecule has 1 rings (SSSR count). The molecule has 1 aromatic carbocycles. The lowest BCUT2D eigenvalue weighted by Crippen LogP contribution is -2.43. The predicted molar refractivity (Wildman–Crippen MR) is 85.9 cm³/mol. The first-order valence-electron chi connectivity index (χ1n) is 6.98. The van der Waals surface area contributed by atoms with Crippen LogP contribution in [0.3, 0.4) is 0 Å². The summed E-state index contributed by atoms with van der Waals surface area (Å²) in [5.74, 6) is -0.622. The van der Waals surface area contributed by atoms with Gasteiger partial charge in [-0.1, -0.05) is 23.8 Å². The number of aryl methyl sites for hydroxylation is 1. The monoisotopic (exact) mass is 325 g/mol. The van der Waals surface area contributed by atoms with Gasteiger partial charge in [0.05, 0.1) is 4.90 Å². The first-order valence-corrected chi connectivity index (χ1v) is 8.46. The first-order chi connectivity index (χ1) is 10.0. The van der Waals surface area contributed by atoms with Crippen LogP contribution in [0.5, 0.6) is 0 Å². The molecular formula is C16H23NO4S. The fourth-order valence-electron chi connectivity index (χ4n) is 1.70. The largest absolute Gasteiger partial charge is 0.459 e. The van der Waals surface area contributed by atoms with E-state index in [2.05, 4.69) is 11.3 Å². The highest BCUT2D eigenvalue weighted by atomic mass is 32.2. The maximum atomic E-state index is 12.3. The molecule has 0 unspecified atom stereocenters. The van der Waals surface area contributed by atoms with Gasteiger partial charge in [0.25, 0.3) is 0 Å². The molecule has 6 heteroatoms. The second-order valence-corrected chi connectivity index (χ2v) is 7.76. The lowest BCUT2D eigenvalue weighted by Gasteiger charge is -2.24. The number of hydrogen-bond acceptors (Lipinski definition) is 4. The lowest BCUT2D eigenvalue weighted by molar-refractivity contribution is -0.156. The van der Waals surface area contributed by atoms with Gasteiger partial charge in [-0.2, -0.15) is 4.72 Å². The van der Waals surface area contributed by atoms with E-state index in [1.165, 1.54) is 18.2 Å². The van der Waals surface area contributed by atoms with Crippen molar-refractivity contribution < 1.29 is 17.9 Å². The Bertz CT molecular complexity index is 627. The highest BCUT2D eigenvalue weighted by Crippen LogP contribution is 2.14. The molecule has 0 aromatic heterocycles. The number of hydrogen-bond donors (Lipinski definition) is 1. The van der Waals surface area contributed by atoms with Crippen molar-refractivity contribution in [1.29, 1.82) is 0 Å². The summed E-state index contributed by atoms with van der Waals surface area (Å²) in [7, 11) is -3.80. The van der Waals surface area contributed by atoms with Crippen molar-refractivity contribution in [2.45, 2.75) is 50.7 Å². The normalized spacial score (nSPS) is 13.5. The molecule has 0 aliphatic heterocycles. The van der Waals surface area contributed by atoms with Gasteiger partial charge in [0.1, 0.15) is 11.6 Å². The average molecular weight is 325 g/mol. The number of esters is 1. The van der Waals surface area contributed by atoms with E-state index in [9.17, 15) is 13.2 Å². The summed E-state index contributed by atoms with van der Waals surface area (Å²) >= 11 is 0. The first kappa shape index (κ1) is 18.4. The lowest BCUT2D eigenvalue weighted by atomic mass is 10.1. The van der Waals surface area contributed by atoms with Gasteiger partial charge >= 0.3 is 5.97 Å². The van der Waals surface area contributed by atoms with Gasteiger partial charge in [-0.05, 0) is 46.2 Å². The third-order valence-corrected chi connectivity index (χ3v) is 4.21. The Kier molecular flexibility index (Phi) is 5.91. The fourth-order valence-corrected chi connectivity index (χ4v) is 2.90. The van der Waals surface area contributed by atoms with Crippen LogP contribution in [0, 0.1) is 6.92 Å². The van der Waals surface area contributed by atoms with Gasteiger partial charge in [-0.25, -0.2) is 8.42 Å². The number of rotatable bonds is 6. The van der Waals surface area contributed by atoms with E-state index in [0.717, 1.165) is 5.56 Å². The molecular weight excluding hydrogens is 302 g/mol. The van der Waals surface area contributed by atoms with E-state index in [1.54, 1.807) is 32.9 Å². The summed E-state index contributed by atoms with van der Waals surface area (Å²) < 4.78 is 32.3. The van der Waals surface area contributed by atoms with Gasteiger partial charge < -0.3 is 4.74 Å². The van der Waals surface area contributed by atoms with Crippen molar-refractivity contribution in [2.24, 2.45) is 0 Å². The van der Waals surface area contributed by atoms with Crippen LogP contribution >= 0.6 is 0 Å². The molecule has 0 bridgehead atoms. The Balaban J connectivity index is 2.96. The van der Waals surface area contributed by atoms with Crippen LogP contribution in [0.4, 0.5) is 0 Å². The number of benzene rings is 1. The van der Waals surface area contributed by atoms with Crippen LogP contribution in [0.25, 0.3) is 0 Å². The van der Waals surface area contributed by atoms with Crippen molar-refractivity contribution in [2.75, 3.05) is 0 Å². The topological polar surface area (TPSA) is 72.5 Å². The van der Waals surface area contributed by atoms with Crippen LogP contribution < -0.4 is 4.72 Å². The van der Waals surface area contributed by atoms with Crippen molar-refractivity contribution in [3.63, 3.8) is 0 Å².